The molecule has 2 aromatic rings. The zero-order chi connectivity index (χ0) is 22.8. The third-order valence-corrected chi connectivity index (χ3v) is 5.87. The molecular weight excluding hydrogens is 407 g/mol. The van der Waals surface area contributed by atoms with Crippen LogP contribution in [0.3, 0.4) is 0 Å². The number of benzene rings is 2. The van der Waals surface area contributed by atoms with Gasteiger partial charge in [-0.3, -0.25) is 14.5 Å². The van der Waals surface area contributed by atoms with Crippen LogP contribution < -0.4 is 10.6 Å². The highest BCUT2D eigenvalue weighted by atomic mass is 19.1. The number of hydrogen-bond acceptors (Lipinski definition) is 4. The normalized spacial score (nSPS) is 14.8. The molecule has 172 valence electrons. The van der Waals surface area contributed by atoms with Gasteiger partial charge in [0.2, 0.25) is 5.91 Å². The average molecular weight is 441 g/mol. The van der Waals surface area contributed by atoms with Gasteiger partial charge in [0.05, 0.1) is 0 Å². The Labute approximate surface area is 189 Å². The van der Waals surface area contributed by atoms with E-state index in [-0.39, 0.29) is 17.6 Å². The van der Waals surface area contributed by atoms with Gasteiger partial charge in [-0.2, -0.15) is 0 Å². The summed E-state index contributed by atoms with van der Waals surface area (Å²) in [4.78, 5) is 29.2. The summed E-state index contributed by atoms with van der Waals surface area (Å²) in [6, 6.07) is 13.7. The zero-order valence-corrected chi connectivity index (χ0v) is 18.8. The summed E-state index contributed by atoms with van der Waals surface area (Å²) in [5, 5.41) is 5.76. The minimum Gasteiger partial charge on any atom is -0.352 e. The average Bonchev–Trinajstić information content (AvgIpc) is 2.82. The van der Waals surface area contributed by atoms with Crippen molar-refractivity contribution in [1.29, 1.82) is 0 Å². The first-order valence-corrected chi connectivity index (χ1v) is 11.4. The standard InChI is InChI=1S/C25H33FN4O2/c1-2-29-14-16-30(17-15-29)19-22-7-4-3-6-21(22)18-28-24(31)8-5-13-27-25(32)20-9-11-23(26)12-10-20/h3-4,6-7,9-12H,2,5,8,13-19H2,1H3,(H,27,32)(H,28,31). The van der Waals surface area contributed by atoms with Crippen molar-refractivity contribution in [2.75, 3.05) is 39.3 Å². The van der Waals surface area contributed by atoms with Gasteiger partial charge in [0, 0.05) is 57.8 Å². The summed E-state index contributed by atoms with van der Waals surface area (Å²) < 4.78 is 12.9. The molecule has 1 aliphatic heterocycles. The van der Waals surface area contributed by atoms with Gasteiger partial charge < -0.3 is 15.5 Å². The molecule has 2 aromatic carbocycles. The van der Waals surface area contributed by atoms with E-state index in [4.69, 9.17) is 0 Å². The molecule has 0 atom stereocenters. The molecule has 0 unspecified atom stereocenters. The number of carbonyl (C=O) groups excluding carboxylic acids is 2. The Morgan fingerprint density at radius 1 is 0.906 bits per heavy atom. The van der Waals surface area contributed by atoms with Gasteiger partial charge in [0.25, 0.3) is 5.91 Å². The summed E-state index contributed by atoms with van der Waals surface area (Å²) in [5.74, 6) is -0.676. The van der Waals surface area contributed by atoms with Crippen LogP contribution in [0, 0.1) is 5.82 Å². The molecule has 1 heterocycles. The van der Waals surface area contributed by atoms with Crippen molar-refractivity contribution < 1.29 is 14.0 Å². The van der Waals surface area contributed by atoms with Crippen LogP contribution in [-0.4, -0.2) is 60.9 Å². The lowest BCUT2D eigenvalue weighted by atomic mass is 10.1. The summed E-state index contributed by atoms with van der Waals surface area (Å²) in [6.45, 7) is 9.45. The number of halogens is 1. The molecule has 7 heteroatoms. The first kappa shape index (κ1) is 23.9. The minimum absolute atomic E-state index is 0.0348. The summed E-state index contributed by atoms with van der Waals surface area (Å²) in [6.07, 6.45) is 0.882. The van der Waals surface area contributed by atoms with Crippen LogP contribution in [-0.2, 0) is 17.9 Å². The minimum atomic E-state index is -0.376. The van der Waals surface area contributed by atoms with E-state index in [2.05, 4.69) is 39.5 Å². The predicted molar refractivity (Wildman–Crippen MR) is 124 cm³/mol. The third kappa shape index (κ3) is 7.43. The largest absolute Gasteiger partial charge is 0.352 e. The van der Waals surface area contributed by atoms with E-state index in [0.29, 0.717) is 31.5 Å². The molecule has 0 bridgehead atoms. The number of nitrogens with one attached hydrogen (secondary N) is 2. The number of nitrogens with zero attached hydrogens (tertiary/aromatic N) is 2. The third-order valence-electron chi connectivity index (χ3n) is 5.87. The molecule has 0 spiro atoms. The molecule has 1 fully saturated rings. The van der Waals surface area contributed by atoms with E-state index in [9.17, 15) is 14.0 Å². The van der Waals surface area contributed by atoms with E-state index in [1.165, 1.54) is 29.8 Å². The van der Waals surface area contributed by atoms with E-state index in [1.54, 1.807) is 0 Å². The molecule has 1 saturated heterocycles. The number of amides is 2. The van der Waals surface area contributed by atoms with Crippen molar-refractivity contribution >= 4 is 11.8 Å². The Kier molecular flexibility index (Phi) is 9.19. The van der Waals surface area contributed by atoms with Gasteiger partial charge in [-0.15, -0.1) is 0 Å². The van der Waals surface area contributed by atoms with Gasteiger partial charge in [-0.25, -0.2) is 4.39 Å². The highest BCUT2D eigenvalue weighted by Gasteiger charge is 2.16. The fraction of sp³-hybridized carbons (Fsp3) is 0.440. The smallest absolute Gasteiger partial charge is 0.251 e. The fourth-order valence-electron chi connectivity index (χ4n) is 3.83. The monoisotopic (exact) mass is 440 g/mol. The fourth-order valence-corrected chi connectivity index (χ4v) is 3.83. The Hall–Kier alpha value is -2.77. The van der Waals surface area contributed by atoms with Crippen molar-refractivity contribution in [3.05, 3.63) is 71.0 Å². The molecule has 2 amide bonds. The number of piperazine rings is 1. The summed E-state index contributed by atoms with van der Waals surface area (Å²) >= 11 is 0. The maximum atomic E-state index is 12.9. The summed E-state index contributed by atoms with van der Waals surface area (Å²) in [5.41, 5.74) is 2.80. The Bertz CT molecular complexity index is 880. The molecule has 1 aliphatic rings. The summed E-state index contributed by atoms with van der Waals surface area (Å²) in [7, 11) is 0. The molecule has 32 heavy (non-hydrogen) atoms. The van der Waals surface area contributed by atoms with E-state index >= 15 is 0 Å². The van der Waals surface area contributed by atoms with Gasteiger partial charge in [0.1, 0.15) is 5.82 Å². The molecule has 0 saturated carbocycles. The molecule has 3 rings (SSSR count). The zero-order valence-electron chi connectivity index (χ0n) is 18.8. The molecular formula is C25H33FN4O2. The molecule has 0 aromatic heterocycles. The van der Waals surface area contributed by atoms with Gasteiger partial charge in [-0.1, -0.05) is 31.2 Å². The van der Waals surface area contributed by atoms with Crippen LogP contribution in [0.2, 0.25) is 0 Å². The quantitative estimate of drug-likeness (QED) is 0.558. The second kappa shape index (κ2) is 12.3. The van der Waals surface area contributed by atoms with Crippen molar-refractivity contribution in [2.45, 2.75) is 32.9 Å². The van der Waals surface area contributed by atoms with Gasteiger partial charge >= 0.3 is 0 Å². The molecule has 0 aliphatic carbocycles. The van der Waals surface area contributed by atoms with Crippen molar-refractivity contribution in [3.63, 3.8) is 0 Å². The van der Waals surface area contributed by atoms with E-state index in [0.717, 1.165) is 44.8 Å². The lowest BCUT2D eigenvalue weighted by molar-refractivity contribution is -0.121. The maximum absolute atomic E-state index is 12.9. The van der Waals surface area contributed by atoms with Gasteiger partial charge in [0.15, 0.2) is 0 Å². The van der Waals surface area contributed by atoms with Crippen LogP contribution in [0.1, 0.15) is 41.3 Å². The Morgan fingerprint density at radius 3 is 2.25 bits per heavy atom. The Morgan fingerprint density at radius 2 is 1.56 bits per heavy atom. The van der Waals surface area contributed by atoms with Crippen LogP contribution >= 0.6 is 0 Å². The van der Waals surface area contributed by atoms with Crippen LogP contribution in [0.15, 0.2) is 48.5 Å². The van der Waals surface area contributed by atoms with Crippen molar-refractivity contribution in [3.8, 4) is 0 Å². The van der Waals surface area contributed by atoms with E-state index < -0.39 is 0 Å². The predicted octanol–water partition coefficient (Wildman–Crippen LogP) is 2.79. The lowest BCUT2D eigenvalue weighted by Crippen LogP contribution is -2.45. The molecule has 0 radical (unpaired) electrons. The highest BCUT2D eigenvalue weighted by Crippen LogP contribution is 2.14. The Balaban J connectivity index is 1.37. The van der Waals surface area contributed by atoms with Crippen molar-refractivity contribution in [2.24, 2.45) is 0 Å². The van der Waals surface area contributed by atoms with E-state index in [1.807, 2.05) is 12.1 Å². The number of carbonyl (C=O) groups is 2. The highest BCUT2D eigenvalue weighted by molar-refractivity contribution is 5.94. The van der Waals surface area contributed by atoms with Crippen molar-refractivity contribution in [1.82, 2.24) is 20.4 Å². The molecule has 6 nitrogen and oxygen atoms in total. The molecule has 2 N–H and O–H groups in total. The van der Waals surface area contributed by atoms with Crippen LogP contribution in [0.4, 0.5) is 4.39 Å². The van der Waals surface area contributed by atoms with Crippen LogP contribution in [0.25, 0.3) is 0 Å². The maximum Gasteiger partial charge on any atom is 0.251 e. The number of likely N-dealkylation sites (N-methyl/N-ethyl adjacent to an activating group) is 1. The van der Waals surface area contributed by atoms with Gasteiger partial charge in [-0.05, 0) is 48.4 Å². The number of rotatable bonds is 10. The lowest BCUT2D eigenvalue weighted by Gasteiger charge is -2.34. The van der Waals surface area contributed by atoms with Crippen LogP contribution in [0.5, 0.6) is 0 Å². The first-order valence-electron chi connectivity index (χ1n) is 11.4. The first-order chi connectivity index (χ1) is 15.5. The topological polar surface area (TPSA) is 64.7 Å². The second-order valence-electron chi connectivity index (χ2n) is 8.12. The SMILES string of the molecule is CCN1CCN(Cc2ccccc2CNC(=O)CCCNC(=O)c2ccc(F)cc2)CC1. The second-order valence-corrected chi connectivity index (χ2v) is 8.12. The number of hydrogen-bond donors (Lipinski definition) is 2.